The molecule has 0 unspecified atom stereocenters. The molecule has 1 atom stereocenters. The highest BCUT2D eigenvalue weighted by molar-refractivity contribution is 6.31. The Labute approximate surface area is 204 Å². The third kappa shape index (κ3) is 5.06. The molecule has 1 N–H and O–H groups in total. The molecule has 0 spiro atoms. The van der Waals surface area contributed by atoms with Crippen molar-refractivity contribution in [3.63, 3.8) is 0 Å². The van der Waals surface area contributed by atoms with Gasteiger partial charge < -0.3 is 24.1 Å². The van der Waals surface area contributed by atoms with Crippen LogP contribution in [-0.4, -0.2) is 44.9 Å². The number of aromatic nitrogens is 3. The van der Waals surface area contributed by atoms with Crippen LogP contribution in [-0.2, 0) is 18.3 Å². The third-order valence-electron chi connectivity index (χ3n) is 5.94. The van der Waals surface area contributed by atoms with Crippen molar-refractivity contribution in [3.05, 3.63) is 57.0 Å². The number of fused-ring (bicyclic) bond motifs is 1. The number of imidazole rings is 1. The van der Waals surface area contributed by atoms with Gasteiger partial charge in [0.2, 0.25) is 5.95 Å². The first-order valence-corrected chi connectivity index (χ1v) is 12.0. The monoisotopic (exact) mass is 485 g/mol. The molecule has 2 aromatic heterocycles. The van der Waals surface area contributed by atoms with Gasteiger partial charge in [-0.25, -0.2) is 9.78 Å². The molecule has 1 aliphatic rings. The highest BCUT2D eigenvalue weighted by Gasteiger charge is 2.28. The molecule has 34 heavy (non-hydrogen) atoms. The van der Waals surface area contributed by atoms with Crippen molar-refractivity contribution in [2.45, 2.75) is 58.7 Å². The van der Waals surface area contributed by atoms with Crippen molar-refractivity contribution in [2.75, 3.05) is 18.0 Å². The highest BCUT2D eigenvalue weighted by Crippen LogP contribution is 2.28. The molecule has 0 bridgehead atoms. The first-order valence-electron chi connectivity index (χ1n) is 11.6. The number of carbonyl (C=O) groups excluding carboxylic acids is 1. The summed E-state index contributed by atoms with van der Waals surface area (Å²) < 4.78 is 8.99. The second kappa shape index (κ2) is 9.33. The smallest absolute Gasteiger partial charge is 0.407 e. The van der Waals surface area contributed by atoms with E-state index >= 15 is 0 Å². The standard InChI is InChI=1S/C25H32ClN5O3/c1-16-13-29(5)22(32)21-20(16)28-23(31(21)14-17-9-6-7-11-19(17)26)30-12-8-10-18(15-30)27-24(33)34-25(2,3)4/h6-7,9,11,13,18H,8,10,12,14-15H2,1-5H3,(H,27,33)/t18-/m1/s1. The van der Waals surface area contributed by atoms with Crippen LogP contribution >= 0.6 is 11.6 Å². The van der Waals surface area contributed by atoms with Gasteiger partial charge in [0.1, 0.15) is 16.6 Å². The molecule has 0 aliphatic carbocycles. The summed E-state index contributed by atoms with van der Waals surface area (Å²) in [5.74, 6) is 0.706. The zero-order chi connectivity index (χ0) is 24.6. The van der Waals surface area contributed by atoms with Gasteiger partial charge >= 0.3 is 6.09 Å². The molecule has 1 aliphatic heterocycles. The Kier molecular flexibility index (Phi) is 6.62. The van der Waals surface area contributed by atoms with Crippen LogP contribution in [0.1, 0.15) is 44.7 Å². The van der Waals surface area contributed by atoms with Crippen molar-refractivity contribution in [1.82, 2.24) is 19.4 Å². The molecule has 1 fully saturated rings. The van der Waals surface area contributed by atoms with Crippen LogP contribution < -0.4 is 15.8 Å². The van der Waals surface area contributed by atoms with Crippen molar-refractivity contribution < 1.29 is 9.53 Å². The number of aryl methyl sites for hydroxylation is 2. The molecule has 0 saturated carbocycles. The Morgan fingerprint density at radius 2 is 2.03 bits per heavy atom. The summed E-state index contributed by atoms with van der Waals surface area (Å²) in [5.41, 5.74) is 2.42. The Hall–Kier alpha value is -3.00. The van der Waals surface area contributed by atoms with Gasteiger partial charge in [-0.2, -0.15) is 0 Å². The number of alkyl carbamates (subject to hydrolysis) is 1. The van der Waals surface area contributed by atoms with Gasteiger partial charge in [-0.1, -0.05) is 29.8 Å². The number of pyridine rings is 1. The molecule has 3 aromatic rings. The molecule has 3 heterocycles. The molecular formula is C25H32ClN5O3. The van der Waals surface area contributed by atoms with E-state index in [2.05, 4.69) is 10.2 Å². The van der Waals surface area contributed by atoms with Gasteiger partial charge in [0.05, 0.1) is 6.54 Å². The normalized spacial score (nSPS) is 16.6. The molecule has 9 heteroatoms. The number of carbonyl (C=O) groups is 1. The van der Waals surface area contributed by atoms with E-state index in [1.54, 1.807) is 11.6 Å². The molecule has 1 amide bonds. The summed E-state index contributed by atoms with van der Waals surface area (Å²) in [6.07, 6.45) is 3.12. The number of nitrogens with zero attached hydrogens (tertiary/aromatic N) is 4. The molecule has 8 nitrogen and oxygen atoms in total. The maximum Gasteiger partial charge on any atom is 0.407 e. The van der Waals surface area contributed by atoms with Crippen LogP contribution in [0.15, 0.2) is 35.3 Å². The minimum absolute atomic E-state index is 0.0823. The molecule has 182 valence electrons. The van der Waals surface area contributed by atoms with E-state index in [1.807, 2.05) is 62.7 Å². The largest absolute Gasteiger partial charge is 0.444 e. The SMILES string of the molecule is Cc1cn(C)c(=O)c2c1nc(N1CCC[C@@H](NC(=O)OC(C)(C)C)C1)n2Cc1ccccc1Cl. The number of ether oxygens (including phenoxy) is 1. The lowest BCUT2D eigenvalue weighted by Gasteiger charge is -2.34. The van der Waals surface area contributed by atoms with Crippen LogP contribution in [0.4, 0.5) is 10.7 Å². The maximum absolute atomic E-state index is 13.2. The van der Waals surface area contributed by atoms with E-state index in [1.165, 1.54) is 0 Å². The van der Waals surface area contributed by atoms with Crippen molar-refractivity contribution >= 4 is 34.7 Å². The van der Waals surface area contributed by atoms with E-state index < -0.39 is 11.7 Å². The van der Waals surface area contributed by atoms with Crippen LogP contribution in [0.3, 0.4) is 0 Å². The Morgan fingerprint density at radius 3 is 2.74 bits per heavy atom. The number of benzene rings is 1. The Balaban J connectivity index is 1.72. The van der Waals surface area contributed by atoms with Crippen molar-refractivity contribution in [3.8, 4) is 0 Å². The van der Waals surface area contributed by atoms with Gasteiger partial charge in [0.15, 0.2) is 0 Å². The minimum atomic E-state index is -0.557. The summed E-state index contributed by atoms with van der Waals surface area (Å²) in [4.78, 5) is 32.6. The first-order chi connectivity index (χ1) is 16.0. The first kappa shape index (κ1) is 24.1. The zero-order valence-electron chi connectivity index (χ0n) is 20.4. The van der Waals surface area contributed by atoms with E-state index in [0.29, 0.717) is 35.1 Å². The number of nitrogens with one attached hydrogen (secondary N) is 1. The number of hydrogen-bond acceptors (Lipinski definition) is 5. The van der Waals surface area contributed by atoms with Gasteiger partial charge in [-0.05, 0) is 57.7 Å². The topological polar surface area (TPSA) is 81.4 Å². The lowest BCUT2D eigenvalue weighted by atomic mass is 10.1. The number of amides is 1. The van der Waals surface area contributed by atoms with Crippen LogP contribution in [0.2, 0.25) is 5.02 Å². The van der Waals surface area contributed by atoms with E-state index in [-0.39, 0.29) is 11.6 Å². The summed E-state index contributed by atoms with van der Waals surface area (Å²) in [5, 5.41) is 3.63. The average molecular weight is 486 g/mol. The lowest BCUT2D eigenvalue weighted by molar-refractivity contribution is 0.0500. The van der Waals surface area contributed by atoms with E-state index in [4.69, 9.17) is 21.3 Å². The predicted octanol–water partition coefficient (Wildman–Crippen LogP) is 4.24. The lowest BCUT2D eigenvalue weighted by Crippen LogP contribution is -2.49. The quantitative estimate of drug-likeness (QED) is 0.597. The Bertz CT molecular complexity index is 1270. The second-order valence-corrected chi connectivity index (χ2v) is 10.4. The van der Waals surface area contributed by atoms with Crippen LogP contribution in [0, 0.1) is 6.92 Å². The molecule has 0 radical (unpaired) electrons. The number of hydrogen-bond donors (Lipinski definition) is 1. The summed E-state index contributed by atoms with van der Waals surface area (Å²) >= 11 is 6.47. The van der Waals surface area contributed by atoms with E-state index in [0.717, 1.165) is 30.5 Å². The van der Waals surface area contributed by atoms with E-state index in [9.17, 15) is 9.59 Å². The predicted molar refractivity (Wildman–Crippen MR) is 135 cm³/mol. The fourth-order valence-electron chi connectivity index (χ4n) is 4.45. The Morgan fingerprint density at radius 1 is 1.29 bits per heavy atom. The molecule has 1 saturated heterocycles. The molecule has 4 rings (SSSR count). The number of rotatable bonds is 4. The summed E-state index contributed by atoms with van der Waals surface area (Å²) in [7, 11) is 1.75. The fourth-order valence-corrected chi connectivity index (χ4v) is 4.64. The van der Waals surface area contributed by atoms with Gasteiger partial charge in [0, 0.05) is 37.4 Å². The maximum atomic E-state index is 13.2. The third-order valence-corrected chi connectivity index (χ3v) is 6.31. The fraction of sp³-hybridized carbons (Fsp3) is 0.480. The molecule has 1 aromatic carbocycles. The second-order valence-electron chi connectivity index (χ2n) is 9.95. The van der Waals surface area contributed by atoms with Gasteiger partial charge in [-0.15, -0.1) is 0 Å². The summed E-state index contributed by atoms with van der Waals surface area (Å²) in [6.45, 7) is 9.27. The van der Waals surface area contributed by atoms with Crippen molar-refractivity contribution in [2.24, 2.45) is 7.05 Å². The minimum Gasteiger partial charge on any atom is -0.444 e. The zero-order valence-corrected chi connectivity index (χ0v) is 21.1. The number of halogens is 1. The van der Waals surface area contributed by atoms with Gasteiger partial charge in [-0.3, -0.25) is 4.79 Å². The van der Waals surface area contributed by atoms with Crippen LogP contribution in [0.5, 0.6) is 0 Å². The van der Waals surface area contributed by atoms with Crippen LogP contribution in [0.25, 0.3) is 11.0 Å². The highest BCUT2D eigenvalue weighted by atomic mass is 35.5. The molecular weight excluding hydrogens is 454 g/mol. The number of anilines is 1. The summed E-state index contributed by atoms with van der Waals surface area (Å²) in [6, 6.07) is 7.55. The number of piperidine rings is 1. The van der Waals surface area contributed by atoms with Crippen molar-refractivity contribution in [1.29, 1.82) is 0 Å². The van der Waals surface area contributed by atoms with Gasteiger partial charge in [0.25, 0.3) is 5.56 Å². The average Bonchev–Trinajstić information content (AvgIpc) is 3.12.